The number of hydrogen-bond acceptors (Lipinski definition) is 4. The number of imide groups is 1. The SMILES string of the molecule is COc1ccc(NC2=C(c3ccc(F)cc3)C(=O)N(Cc3ccccc3F)C2=O)cc1Cl. The summed E-state index contributed by atoms with van der Waals surface area (Å²) in [5, 5.41) is 3.25. The van der Waals surface area contributed by atoms with Gasteiger partial charge in [-0.25, -0.2) is 8.78 Å². The third kappa shape index (κ3) is 4.07. The van der Waals surface area contributed by atoms with E-state index in [1.807, 2.05) is 0 Å². The van der Waals surface area contributed by atoms with Gasteiger partial charge >= 0.3 is 0 Å². The Bertz CT molecular complexity index is 1240. The van der Waals surface area contributed by atoms with Gasteiger partial charge in [0.1, 0.15) is 23.1 Å². The minimum Gasteiger partial charge on any atom is -0.495 e. The molecule has 162 valence electrons. The van der Waals surface area contributed by atoms with E-state index in [0.29, 0.717) is 22.0 Å². The van der Waals surface area contributed by atoms with E-state index in [1.165, 1.54) is 49.6 Å². The summed E-state index contributed by atoms with van der Waals surface area (Å²) in [5.74, 6) is -1.82. The van der Waals surface area contributed by atoms with Crippen LogP contribution in [0, 0.1) is 11.6 Å². The Kier molecular flexibility index (Phi) is 5.92. The smallest absolute Gasteiger partial charge is 0.278 e. The Morgan fingerprint density at radius 1 is 0.969 bits per heavy atom. The van der Waals surface area contributed by atoms with E-state index in [1.54, 1.807) is 24.3 Å². The summed E-state index contributed by atoms with van der Waals surface area (Å²) in [4.78, 5) is 27.4. The summed E-state index contributed by atoms with van der Waals surface area (Å²) < 4.78 is 32.8. The monoisotopic (exact) mass is 454 g/mol. The van der Waals surface area contributed by atoms with Crippen molar-refractivity contribution in [3.05, 3.63) is 100 Å². The first-order chi connectivity index (χ1) is 15.4. The Morgan fingerprint density at radius 3 is 2.34 bits per heavy atom. The number of amides is 2. The van der Waals surface area contributed by atoms with Gasteiger partial charge in [0, 0.05) is 11.3 Å². The van der Waals surface area contributed by atoms with Crippen molar-refractivity contribution in [3.8, 4) is 5.75 Å². The van der Waals surface area contributed by atoms with Crippen LogP contribution in [0.1, 0.15) is 11.1 Å². The molecule has 0 radical (unpaired) electrons. The molecule has 2 amide bonds. The molecular formula is C24H17ClF2N2O3. The molecule has 1 heterocycles. The number of anilines is 1. The summed E-state index contributed by atoms with van der Waals surface area (Å²) in [7, 11) is 1.48. The molecule has 0 spiro atoms. The molecule has 3 aromatic carbocycles. The molecule has 1 N–H and O–H groups in total. The average molecular weight is 455 g/mol. The molecular weight excluding hydrogens is 438 g/mol. The van der Waals surface area contributed by atoms with E-state index >= 15 is 0 Å². The summed E-state index contributed by atoms with van der Waals surface area (Å²) in [6, 6.07) is 15.9. The topological polar surface area (TPSA) is 58.6 Å². The fourth-order valence-corrected chi connectivity index (χ4v) is 3.66. The van der Waals surface area contributed by atoms with Crippen molar-refractivity contribution in [2.45, 2.75) is 6.54 Å². The van der Waals surface area contributed by atoms with E-state index in [9.17, 15) is 18.4 Å². The maximum Gasteiger partial charge on any atom is 0.278 e. The molecule has 1 aliphatic heterocycles. The van der Waals surface area contributed by atoms with Crippen LogP contribution in [-0.4, -0.2) is 23.8 Å². The number of methoxy groups -OCH3 is 1. The van der Waals surface area contributed by atoms with Crippen molar-refractivity contribution in [2.75, 3.05) is 12.4 Å². The molecule has 0 saturated carbocycles. The van der Waals surface area contributed by atoms with Gasteiger partial charge in [0.15, 0.2) is 0 Å². The second kappa shape index (κ2) is 8.80. The lowest BCUT2D eigenvalue weighted by Crippen LogP contribution is -2.32. The zero-order valence-corrected chi connectivity index (χ0v) is 17.6. The number of carbonyl (C=O) groups is 2. The maximum atomic E-state index is 14.2. The molecule has 8 heteroatoms. The van der Waals surface area contributed by atoms with E-state index in [-0.39, 0.29) is 23.4 Å². The Labute approximate surface area is 187 Å². The Morgan fingerprint density at radius 2 is 1.69 bits per heavy atom. The summed E-state index contributed by atoms with van der Waals surface area (Å²) in [5.41, 5.74) is 1.03. The molecule has 0 aliphatic carbocycles. The molecule has 0 unspecified atom stereocenters. The van der Waals surface area contributed by atoms with Gasteiger partial charge in [-0.1, -0.05) is 41.9 Å². The normalized spacial score (nSPS) is 13.7. The van der Waals surface area contributed by atoms with Crippen molar-refractivity contribution in [1.29, 1.82) is 0 Å². The van der Waals surface area contributed by atoms with Crippen LogP contribution in [0.3, 0.4) is 0 Å². The van der Waals surface area contributed by atoms with Gasteiger partial charge in [-0.05, 0) is 42.0 Å². The minimum absolute atomic E-state index is 0.0146. The standard InChI is InChI=1S/C24H17ClF2N2O3/c1-32-20-11-10-17(12-18(20)25)28-22-21(14-6-8-16(26)9-7-14)23(30)29(24(22)31)13-15-4-2-3-5-19(15)27/h2-12,28H,13H2,1H3. The predicted molar refractivity (Wildman–Crippen MR) is 117 cm³/mol. The summed E-state index contributed by atoms with van der Waals surface area (Å²) in [6.07, 6.45) is 0. The van der Waals surface area contributed by atoms with Gasteiger partial charge < -0.3 is 10.1 Å². The molecule has 0 atom stereocenters. The number of hydrogen-bond donors (Lipinski definition) is 1. The molecule has 0 fully saturated rings. The van der Waals surface area contributed by atoms with Crippen LogP contribution in [0.2, 0.25) is 5.02 Å². The van der Waals surface area contributed by atoms with Crippen molar-refractivity contribution >= 4 is 34.7 Å². The zero-order valence-electron chi connectivity index (χ0n) is 16.9. The lowest BCUT2D eigenvalue weighted by atomic mass is 10.0. The quantitative estimate of drug-likeness (QED) is 0.531. The van der Waals surface area contributed by atoms with Gasteiger partial charge in [0.2, 0.25) is 0 Å². The highest BCUT2D eigenvalue weighted by Crippen LogP contribution is 2.34. The number of carbonyl (C=O) groups excluding carboxylic acids is 2. The third-order valence-electron chi connectivity index (χ3n) is 5.01. The fraction of sp³-hybridized carbons (Fsp3) is 0.0833. The number of nitrogens with zero attached hydrogens (tertiary/aromatic N) is 1. The van der Waals surface area contributed by atoms with Gasteiger partial charge in [-0.3, -0.25) is 14.5 Å². The van der Waals surface area contributed by atoms with Crippen LogP contribution in [0.25, 0.3) is 5.57 Å². The lowest BCUT2D eigenvalue weighted by molar-refractivity contribution is -0.137. The van der Waals surface area contributed by atoms with Crippen LogP contribution in [-0.2, 0) is 16.1 Å². The number of halogens is 3. The van der Waals surface area contributed by atoms with Crippen molar-refractivity contribution in [3.63, 3.8) is 0 Å². The van der Waals surface area contributed by atoms with E-state index in [0.717, 1.165) is 4.90 Å². The molecule has 32 heavy (non-hydrogen) atoms. The number of nitrogens with one attached hydrogen (secondary N) is 1. The van der Waals surface area contributed by atoms with Crippen LogP contribution >= 0.6 is 11.6 Å². The van der Waals surface area contributed by atoms with Gasteiger partial charge in [0.05, 0.1) is 24.3 Å². The first kappa shape index (κ1) is 21.5. The summed E-state index contributed by atoms with van der Waals surface area (Å²) >= 11 is 6.18. The van der Waals surface area contributed by atoms with Gasteiger partial charge in [0.25, 0.3) is 11.8 Å². The predicted octanol–water partition coefficient (Wildman–Crippen LogP) is 5.02. The zero-order chi connectivity index (χ0) is 22.8. The van der Waals surface area contributed by atoms with Crippen LogP contribution in [0.15, 0.2) is 72.4 Å². The second-order valence-corrected chi connectivity index (χ2v) is 7.43. The Balaban J connectivity index is 1.75. The number of benzene rings is 3. The second-order valence-electron chi connectivity index (χ2n) is 7.02. The first-order valence-electron chi connectivity index (χ1n) is 9.59. The molecule has 1 aliphatic rings. The highest BCUT2D eigenvalue weighted by atomic mass is 35.5. The number of rotatable bonds is 6. The maximum absolute atomic E-state index is 14.2. The van der Waals surface area contributed by atoms with Gasteiger partial charge in [-0.2, -0.15) is 0 Å². The summed E-state index contributed by atoms with van der Waals surface area (Å²) in [6.45, 7) is -0.246. The first-order valence-corrected chi connectivity index (χ1v) is 9.97. The van der Waals surface area contributed by atoms with E-state index < -0.39 is 23.4 Å². The van der Waals surface area contributed by atoms with Crippen molar-refractivity contribution < 1.29 is 23.1 Å². The largest absolute Gasteiger partial charge is 0.495 e. The van der Waals surface area contributed by atoms with Crippen molar-refractivity contribution in [1.82, 2.24) is 4.90 Å². The lowest BCUT2D eigenvalue weighted by Gasteiger charge is -2.16. The molecule has 0 aromatic heterocycles. The van der Waals surface area contributed by atoms with Gasteiger partial charge in [-0.15, -0.1) is 0 Å². The van der Waals surface area contributed by atoms with Crippen LogP contribution in [0.4, 0.5) is 14.5 Å². The van der Waals surface area contributed by atoms with Crippen LogP contribution < -0.4 is 10.1 Å². The highest BCUT2D eigenvalue weighted by molar-refractivity contribution is 6.36. The minimum atomic E-state index is -0.635. The van der Waals surface area contributed by atoms with E-state index in [2.05, 4.69) is 5.32 Å². The molecule has 3 aromatic rings. The average Bonchev–Trinajstić information content (AvgIpc) is 3.00. The third-order valence-corrected chi connectivity index (χ3v) is 5.30. The highest BCUT2D eigenvalue weighted by Gasteiger charge is 2.39. The molecule has 5 nitrogen and oxygen atoms in total. The Hall–Kier alpha value is -3.71. The molecule has 0 bridgehead atoms. The van der Waals surface area contributed by atoms with E-state index in [4.69, 9.17) is 16.3 Å². The van der Waals surface area contributed by atoms with Crippen LogP contribution in [0.5, 0.6) is 5.75 Å². The molecule has 0 saturated heterocycles. The van der Waals surface area contributed by atoms with Crippen molar-refractivity contribution in [2.24, 2.45) is 0 Å². The number of ether oxygens (including phenoxy) is 1. The molecule has 4 rings (SSSR count). The fourth-order valence-electron chi connectivity index (χ4n) is 3.41.